The number of rotatable bonds is 4. The maximum atomic E-state index is 12.3. The van der Waals surface area contributed by atoms with Crippen molar-refractivity contribution in [2.75, 3.05) is 13.6 Å². The first-order chi connectivity index (χ1) is 8.34. The van der Waals surface area contributed by atoms with Crippen molar-refractivity contribution >= 4 is 26.0 Å². The smallest absolute Gasteiger partial charge is 0.244 e. The number of benzene rings is 1. The molecule has 0 aromatic heterocycles. The molecule has 0 bridgehead atoms. The van der Waals surface area contributed by atoms with Gasteiger partial charge in [-0.05, 0) is 30.2 Å². The number of halogens is 1. The minimum absolute atomic E-state index is 0.00272. The molecule has 0 radical (unpaired) electrons. The summed E-state index contributed by atoms with van der Waals surface area (Å²) < 4.78 is 26.3. The molecule has 0 atom stereocenters. The molecule has 0 aliphatic rings. The van der Waals surface area contributed by atoms with Gasteiger partial charge in [-0.1, -0.05) is 21.9 Å². The van der Waals surface area contributed by atoms with E-state index in [0.29, 0.717) is 15.6 Å². The molecule has 4 nitrogen and oxygen atoms in total. The van der Waals surface area contributed by atoms with E-state index in [9.17, 15) is 8.42 Å². The van der Waals surface area contributed by atoms with Crippen LogP contribution < -0.4 is 0 Å². The third kappa shape index (κ3) is 2.93. The van der Waals surface area contributed by atoms with Crippen molar-refractivity contribution < 1.29 is 13.5 Å². The average Bonchev–Trinajstić information content (AvgIpc) is 2.32. The second-order valence-corrected chi connectivity index (χ2v) is 6.69. The zero-order valence-corrected chi connectivity index (χ0v) is 12.5. The highest BCUT2D eigenvalue weighted by Gasteiger charge is 2.23. The molecule has 1 N–H and O–H groups in total. The molecular weight excluding hydrogens is 318 g/mol. The average molecular weight is 332 g/mol. The van der Waals surface area contributed by atoms with Crippen LogP contribution in [0.25, 0.3) is 0 Å². The number of hydrogen-bond acceptors (Lipinski definition) is 3. The first-order valence-electron chi connectivity index (χ1n) is 5.14. The lowest BCUT2D eigenvalue weighted by molar-refractivity contribution is 0.281. The quantitative estimate of drug-likeness (QED) is 0.851. The number of terminal acetylenes is 1. The molecule has 0 spiro atoms. The fourth-order valence-corrected chi connectivity index (χ4v) is 3.46. The minimum atomic E-state index is -3.64. The van der Waals surface area contributed by atoms with Gasteiger partial charge in [0.15, 0.2) is 0 Å². The van der Waals surface area contributed by atoms with Crippen LogP contribution >= 0.6 is 15.9 Å². The van der Waals surface area contributed by atoms with E-state index in [0.717, 1.165) is 4.31 Å². The molecule has 0 amide bonds. The third-order valence-electron chi connectivity index (χ3n) is 2.54. The predicted molar refractivity (Wildman–Crippen MR) is 73.5 cm³/mol. The van der Waals surface area contributed by atoms with E-state index in [4.69, 9.17) is 11.5 Å². The molecule has 98 valence electrons. The SMILES string of the molecule is C#CCN(C)S(=O)(=O)c1cc(CO)cc(Br)c1C. The highest BCUT2D eigenvalue weighted by atomic mass is 79.9. The van der Waals surface area contributed by atoms with Crippen LogP contribution in [-0.4, -0.2) is 31.4 Å². The Balaban J connectivity index is 3.41. The Morgan fingerprint density at radius 2 is 2.11 bits per heavy atom. The Morgan fingerprint density at radius 1 is 1.50 bits per heavy atom. The van der Waals surface area contributed by atoms with Gasteiger partial charge in [-0.3, -0.25) is 0 Å². The summed E-state index contributed by atoms with van der Waals surface area (Å²) >= 11 is 3.28. The van der Waals surface area contributed by atoms with E-state index in [-0.39, 0.29) is 18.0 Å². The van der Waals surface area contributed by atoms with E-state index < -0.39 is 10.0 Å². The van der Waals surface area contributed by atoms with Gasteiger partial charge in [0.05, 0.1) is 18.0 Å². The van der Waals surface area contributed by atoms with Gasteiger partial charge in [-0.2, -0.15) is 4.31 Å². The van der Waals surface area contributed by atoms with Gasteiger partial charge in [0.25, 0.3) is 0 Å². The normalized spacial score (nSPS) is 11.6. The van der Waals surface area contributed by atoms with Crippen molar-refractivity contribution in [2.45, 2.75) is 18.4 Å². The summed E-state index contributed by atoms with van der Waals surface area (Å²) in [5, 5.41) is 9.12. The summed E-state index contributed by atoms with van der Waals surface area (Å²) in [6.07, 6.45) is 5.12. The molecule has 0 aliphatic heterocycles. The highest BCUT2D eigenvalue weighted by molar-refractivity contribution is 9.10. The molecule has 6 heteroatoms. The largest absolute Gasteiger partial charge is 0.392 e. The van der Waals surface area contributed by atoms with Crippen LogP contribution in [0.1, 0.15) is 11.1 Å². The molecule has 1 aromatic carbocycles. The molecule has 0 heterocycles. The number of sulfonamides is 1. The first kappa shape index (κ1) is 15.2. The number of nitrogens with zero attached hydrogens (tertiary/aromatic N) is 1. The second kappa shape index (κ2) is 5.85. The van der Waals surface area contributed by atoms with Gasteiger partial charge in [0.2, 0.25) is 10.0 Å². The Bertz CT molecular complexity index is 590. The second-order valence-electron chi connectivity index (χ2n) is 3.82. The van der Waals surface area contributed by atoms with Crippen molar-refractivity contribution in [3.63, 3.8) is 0 Å². The molecule has 0 saturated heterocycles. The maximum Gasteiger partial charge on any atom is 0.244 e. The van der Waals surface area contributed by atoms with Crippen LogP contribution in [-0.2, 0) is 16.6 Å². The molecule has 18 heavy (non-hydrogen) atoms. The summed E-state index contributed by atoms with van der Waals surface area (Å²) in [6.45, 7) is 1.48. The zero-order valence-electron chi connectivity index (χ0n) is 10.1. The summed E-state index contributed by atoms with van der Waals surface area (Å²) in [5.41, 5.74) is 1.12. The molecule has 0 fully saturated rings. The minimum Gasteiger partial charge on any atom is -0.392 e. The third-order valence-corrected chi connectivity index (χ3v) is 5.29. The van der Waals surface area contributed by atoms with Crippen LogP contribution in [0.2, 0.25) is 0 Å². The van der Waals surface area contributed by atoms with Gasteiger partial charge < -0.3 is 5.11 Å². The van der Waals surface area contributed by atoms with Crippen LogP contribution in [0, 0.1) is 19.3 Å². The number of aliphatic hydroxyl groups excluding tert-OH is 1. The molecule has 0 aliphatic carbocycles. The van der Waals surface area contributed by atoms with E-state index >= 15 is 0 Å². The van der Waals surface area contributed by atoms with Crippen molar-refractivity contribution in [1.82, 2.24) is 4.31 Å². The zero-order chi connectivity index (χ0) is 13.9. The van der Waals surface area contributed by atoms with Crippen molar-refractivity contribution in [2.24, 2.45) is 0 Å². The number of aliphatic hydroxyl groups is 1. The monoisotopic (exact) mass is 331 g/mol. The lowest BCUT2D eigenvalue weighted by Gasteiger charge is -2.17. The van der Waals surface area contributed by atoms with E-state index in [2.05, 4.69) is 21.9 Å². The first-order valence-corrected chi connectivity index (χ1v) is 7.37. The Labute approximate surface area is 116 Å². The standard InChI is InChI=1S/C12H14BrNO3S/c1-4-5-14(3)18(16,17)12-7-10(8-15)6-11(13)9(12)2/h1,6-7,15H,5,8H2,2-3H3. The van der Waals surface area contributed by atoms with Crippen LogP contribution in [0.15, 0.2) is 21.5 Å². The molecule has 0 unspecified atom stereocenters. The Hall–Kier alpha value is -0.870. The van der Waals surface area contributed by atoms with E-state index in [1.807, 2.05) is 0 Å². The van der Waals surface area contributed by atoms with Crippen molar-refractivity contribution in [3.05, 3.63) is 27.7 Å². The Morgan fingerprint density at radius 3 is 2.61 bits per heavy atom. The van der Waals surface area contributed by atoms with Gasteiger partial charge in [0.1, 0.15) is 0 Å². The van der Waals surface area contributed by atoms with Crippen LogP contribution in [0.4, 0.5) is 0 Å². The topological polar surface area (TPSA) is 57.6 Å². The predicted octanol–water partition coefficient (Wildman–Crippen LogP) is 1.50. The lowest BCUT2D eigenvalue weighted by atomic mass is 10.2. The van der Waals surface area contributed by atoms with Gasteiger partial charge in [-0.25, -0.2) is 8.42 Å². The van der Waals surface area contributed by atoms with Gasteiger partial charge in [0, 0.05) is 11.5 Å². The van der Waals surface area contributed by atoms with Crippen molar-refractivity contribution in [3.8, 4) is 12.3 Å². The van der Waals surface area contributed by atoms with E-state index in [1.54, 1.807) is 13.0 Å². The van der Waals surface area contributed by atoms with Crippen LogP contribution in [0.5, 0.6) is 0 Å². The van der Waals surface area contributed by atoms with Crippen LogP contribution in [0.3, 0.4) is 0 Å². The summed E-state index contributed by atoms with van der Waals surface area (Å²) in [4.78, 5) is 0.152. The lowest BCUT2D eigenvalue weighted by Crippen LogP contribution is -2.28. The van der Waals surface area contributed by atoms with Crippen molar-refractivity contribution in [1.29, 1.82) is 0 Å². The van der Waals surface area contributed by atoms with Gasteiger partial charge in [-0.15, -0.1) is 6.42 Å². The fourth-order valence-electron chi connectivity index (χ4n) is 1.45. The molecular formula is C12H14BrNO3S. The maximum absolute atomic E-state index is 12.3. The molecule has 1 rings (SSSR count). The van der Waals surface area contributed by atoms with E-state index in [1.165, 1.54) is 13.1 Å². The summed E-state index contributed by atoms with van der Waals surface area (Å²) in [7, 11) is -2.21. The summed E-state index contributed by atoms with van der Waals surface area (Å²) in [6, 6.07) is 3.15. The van der Waals surface area contributed by atoms with Gasteiger partial charge >= 0.3 is 0 Å². The number of hydrogen-bond donors (Lipinski definition) is 1. The molecule has 0 saturated carbocycles. The molecule has 1 aromatic rings. The Kier molecular flexibility index (Phi) is 4.93. The highest BCUT2D eigenvalue weighted by Crippen LogP contribution is 2.27. The fraction of sp³-hybridized carbons (Fsp3) is 0.333. The summed E-state index contributed by atoms with van der Waals surface area (Å²) in [5.74, 6) is 2.29.